The maximum Gasteiger partial charge on any atom is 0.321 e. The molecular weight excluding hydrogens is 208 g/mol. The van der Waals surface area contributed by atoms with Gasteiger partial charge in [-0.25, -0.2) is 0 Å². The van der Waals surface area contributed by atoms with Crippen molar-refractivity contribution in [3.8, 4) is 0 Å². The van der Waals surface area contributed by atoms with Crippen molar-refractivity contribution in [2.75, 3.05) is 0 Å². The monoisotopic (exact) mass is 220 g/mol. The summed E-state index contributed by atoms with van der Waals surface area (Å²) in [6.45, 7) is 7.87. The summed E-state index contributed by atoms with van der Waals surface area (Å²) in [6.07, 6.45) is 0. The van der Waals surface area contributed by atoms with Gasteiger partial charge in [-0.3, -0.25) is 4.79 Å². The minimum absolute atomic E-state index is 0.161. The van der Waals surface area contributed by atoms with E-state index >= 15 is 0 Å². The fourth-order valence-electron chi connectivity index (χ4n) is 1.78. The Morgan fingerprint density at radius 1 is 1.18 bits per heavy atom. The SMILES string of the molecule is CC1(C)C(C)(C)C1(Br)C(=O)O. The van der Waals surface area contributed by atoms with Crippen LogP contribution in [0.4, 0.5) is 0 Å². The second-order valence-electron chi connectivity index (χ2n) is 4.21. The Hall–Kier alpha value is -0.0500. The van der Waals surface area contributed by atoms with E-state index in [-0.39, 0.29) is 10.8 Å². The molecule has 1 saturated carbocycles. The second-order valence-corrected chi connectivity index (χ2v) is 5.40. The van der Waals surface area contributed by atoms with Crippen molar-refractivity contribution >= 4 is 21.9 Å². The molecule has 0 bridgehead atoms. The van der Waals surface area contributed by atoms with E-state index in [0.29, 0.717) is 0 Å². The number of carbonyl (C=O) groups is 1. The van der Waals surface area contributed by atoms with Gasteiger partial charge in [-0.05, 0) is 10.8 Å². The van der Waals surface area contributed by atoms with Crippen LogP contribution in [0.25, 0.3) is 0 Å². The first kappa shape index (κ1) is 9.04. The first-order valence-electron chi connectivity index (χ1n) is 3.62. The van der Waals surface area contributed by atoms with Gasteiger partial charge in [0.2, 0.25) is 0 Å². The lowest BCUT2D eigenvalue weighted by atomic mass is 10.0. The highest BCUT2D eigenvalue weighted by atomic mass is 79.9. The zero-order valence-corrected chi connectivity index (χ0v) is 8.82. The van der Waals surface area contributed by atoms with E-state index in [1.54, 1.807) is 0 Å². The molecule has 3 heteroatoms. The molecule has 0 amide bonds. The van der Waals surface area contributed by atoms with Crippen LogP contribution in [0.2, 0.25) is 0 Å². The molecule has 0 aromatic carbocycles. The van der Waals surface area contributed by atoms with Crippen molar-refractivity contribution in [1.29, 1.82) is 0 Å². The van der Waals surface area contributed by atoms with Gasteiger partial charge >= 0.3 is 5.97 Å². The Labute approximate surface area is 75.1 Å². The van der Waals surface area contributed by atoms with E-state index in [4.69, 9.17) is 5.11 Å². The normalized spacial score (nSPS) is 29.5. The third-order valence-electron chi connectivity index (χ3n) is 3.52. The third-order valence-corrected chi connectivity index (χ3v) is 5.84. The maximum absolute atomic E-state index is 10.9. The standard InChI is InChI=1S/C8H13BrO2/c1-6(2)7(3,4)8(6,9)5(10)11/h1-4H3,(H,10,11). The summed E-state index contributed by atoms with van der Waals surface area (Å²) in [7, 11) is 0. The van der Waals surface area contributed by atoms with Crippen molar-refractivity contribution < 1.29 is 9.90 Å². The molecule has 0 radical (unpaired) electrons. The molecule has 1 aliphatic rings. The van der Waals surface area contributed by atoms with Crippen LogP contribution in [-0.4, -0.2) is 15.4 Å². The van der Waals surface area contributed by atoms with Crippen molar-refractivity contribution in [2.24, 2.45) is 10.8 Å². The van der Waals surface area contributed by atoms with Crippen LogP contribution in [-0.2, 0) is 4.79 Å². The molecule has 64 valence electrons. The number of rotatable bonds is 1. The number of hydrogen-bond donors (Lipinski definition) is 1. The highest BCUT2D eigenvalue weighted by Crippen LogP contribution is 2.75. The van der Waals surface area contributed by atoms with Gasteiger partial charge in [0.1, 0.15) is 4.32 Å². The van der Waals surface area contributed by atoms with Crippen LogP contribution in [0.3, 0.4) is 0 Å². The average Bonchev–Trinajstić information content (AvgIpc) is 2.11. The Balaban J connectivity index is 3.06. The molecule has 11 heavy (non-hydrogen) atoms. The van der Waals surface area contributed by atoms with E-state index < -0.39 is 10.3 Å². The van der Waals surface area contributed by atoms with Crippen LogP contribution < -0.4 is 0 Å². The highest BCUT2D eigenvalue weighted by Gasteiger charge is 2.80. The Morgan fingerprint density at radius 2 is 1.45 bits per heavy atom. The Bertz CT molecular complexity index is 204. The first-order chi connectivity index (χ1) is 4.69. The number of carboxylic acids is 1. The van der Waals surface area contributed by atoms with Crippen LogP contribution in [0.15, 0.2) is 0 Å². The smallest absolute Gasteiger partial charge is 0.321 e. The number of carboxylic acid groups (broad SMARTS) is 1. The van der Waals surface area contributed by atoms with E-state index in [1.165, 1.54) is 0 Å². The molecule has 1 aliphatic carbocycles. The van der Waals surface area contributed by atoms with E-state index in [0.717, 1.165) is 0 Å². The van der Waals surface area contributed by atoms with Crippen LogP contribution in [0, 0.1) is 10.8 Å². The molecule has 1 N–H and O–H groups in total. The quantitative estimate of drug-likeness (QED) is 0.689. The van der Waals surface area contributed by atoms with Crippen molar-refractivity contribution in [3.63, 3.8) is 0 Å². The zero-order valence-electron chi connectivity index (χ0n) is 7.23. The fourth-order valence-corrected chi connectivity index (χ4v) is 2.67. The third kappa shape index (κ3) is 0.657. The molecule has 0 spiro atoms. The molecule has 0 aromatic heterocycles. The molecule has 0 heterocycles. The predicted octanol–water partition coefficient (Wildman–Crippen LogP) is 2.27. The first-order valence-corrected chi connectivity index (χ1v) is 4.41. The molecule has 1 fully saturated rings. The van der Waals surface area contributed by atoms with Crippen molar-refractivity contribution in [2.45, 2.75) is 32.0 Å². The van der Waals surface area contributed by atoms with Gasteiger partial charge in [0.15, 0.2) is 0 Å². The molecule has 0 atom stereocenters. The molecular formula is C8H13BrO2. The van der Waals surface area contributed by atoms with Gasteiger partial charge in [-0.2, -0.15) is 0 Å². The lowest BCUT2D eigenvalue weighted by molar-refractivity contribution is -0.138. The van der Waals surface area contributed by atoms with E-state index in [9.17, 15) is 4.79 Å². The van der Waals surface area contributed by atoms with Crippen molar-refractivity contribution in [3.05, 3.63) is 0 Å². The summed E-state index contributed by atoms with van der Waals surface area (Å²) in [5.74, 6) is -0.757. The summed E-state index contributed by atoms with van der Waals surface area (Å²) in [4.78, 5) is 10.9. The predicted molar refractivity (Wildman–Crippen MR) is 46.9 cm³/mol. The van der Waals surface area contributed by atoms with Crippen LogP contribution in [0.5, 0.6) is 0 Å². The second kappa shape index (κ2) is 1.82. The Kier molecular flexibility index (Phi) is 1.49. The van der Waals surface area contributed by atoms with Crippen molar-refractivity contribution in [1.82, 2.24) is 0 Å². The summed E-state index contributed by atoms with van der Waals surface area (Å²) < 4.78 is -0.729. The minimum atomic E-state index is -0.757. The summed E-state index contributed by atoms with van der Waals surface area (Å²) in [5.41, 5.74) is -0.322. The van der Waals surface area contributed by atoms with Gasteiger partial charge in [0, 0.05) is 0 Å². The van der Waals surface area contributed by atoms with Crippen LogP contribution in [0.1, 0.15) is 27.7 Å². The molecule has 0 aliphatic heterocycles. The van der Waals surface area contributed by atoms with Gasteiger partial charge in [0.05, 0.1) is 0 Å². The fraction of sp³-hybridized carbons (Fsp3) is 0.875. The lowest BCUT2D eigenvalue weighted by Gasteiger charge is -2.04. The average molecular weight is 221 g/mol. The minimum Gasteiger partial charge on any atom is -0.480 e. The van der Waals surface area contributed by atoms with Gasteiger partial charge < -0.3 is 5.11 Å². The molecule has 0 unspecified atom stereocenters. The topological polar surface area (TPSA) is 37.3 Å². The number of halogens is 1. The maximum atomic E-state index is 10.9. The summed E-state index contributed by atoms with van der Waals surface area (Å²) in [5, 5.41) is 8.94. The molecule has 1 rings (SSSR count). The van der Waals surface area contributed by atoms with Gasteiger partial charge in [-0.1, -0.05) is 43.6 Å². The lowest BCUT2D eigenvalue weighted by Crippen LogP contribution is -2.22. The highest BCUT2D eigenvalue weighted by molar-refractivity contribution is 9.10. The van der Waals surface area contributed by atoms with Crippen LogP contribution >= 0.6 is 15.9 Å². The van der Waals surface area contributed by atoms with E-state index in [2.05, 4.69) is 15.9 Å². The number of hydrogen-bond acceptors (Lipinski definition) is 1. The molecule has 0 saturated heterocycles. The number of alkyl halides is 1. The van der Waals surface area contributed by atoms with Gasteiger partial charge in [0.25, 0.3) is 0 Å². The molecule has 2 nitrogen and oxygen atoms in total. The summed E-state index contributed by atoms with van der Waals surface area (Å²) in [6, 6.07) is 0. The summed E-state index contributed by atoms with van der Waals surface area (Å²) >= 11 is 3.30. The number of aliphatic carboxylic acids is 1. The zero-order chi connectivity index (χ0) is 9.08. The Morgan fingerprint density at radius 3 is 1.45 bits per heavy atom. The van der Waals surface area contributed by atoms with E-state index in [1.807, 2.05) is 27.7 Å². The largest absolute Gasteiger partial charge is 0.480 e. The molecule has 0 aromatic rings. The van der Waals surface area contributed by atoms with Gasteiger partial charge in [-0.15, -0.1) is 0 Å².